The van der Waals surface area contributed by atoms with E-state index in [1.54, 1.807) is 6.20 Å². The number of para-hydroxylation sites is 1. The molecule has 3 unspecified atom stereocenters. The van der Waals surface area contributed by atoms with Gasteiger partial charge in [0.1, 0.15) is 18.6 Å². The number of nitrogens with two attached hydrogens (primary N) is 1. The van der Waals surface area contributed by atoms with Gasteiger partial charge in [0.05, 0.1) is 18.8 Å². The first-order valence-corrected chi connectivity index (χ1v) is 11.2. The van der Waals surface area contributed by atoms with Gasteiger partial charge in [0.15, 0.2) is 0 Å². The molecule has 1 aromatic carbocycles. The second-order valence-corrected chi connectivity index (χ2v) is 8.28. The highest BCUT2D eigenvalue weighted by Gasteiger charge is 2.30. The number of nitrogens with one attached hydrogen (secondary N) is 5. The molecule has 0 saturated heterocycles. The number of benzene rings is 1. The summed E-state index contributed by atoms with van der Waals surface area (Å²) in [6.07, 6.45) is 3.73. The Kier molecular flexibility index (Phi) is 8.94. The minimum Gasteiger partial charge on any atom is -0.481 e. The minimum atomic E-state index is -1.55. The lowest BCUT2D eigenvalue weighted by Crippen LogP contribution is -2.57. The van der Waals surface area contributed by atoms with Crippen LogP contribution in [0.3, 0.4) is 0 Å². The van der Waals surface area contributed by atoms with Crippen molar-refractivity contribution < 1.29 is 34.2 Å². The maximum absolute atomic E-state index is 13.0. The zero-order valence-corrected chi connectivity index (χ0v) is 19.6. The highest BCUT2D eigenvalue weighted by Crippen LogP contribution is 2.18. The van der Waals surface area contributed by atoms with E-state index in [0.29, 0.717) is 5.69 Å². The molecule has 0 aliphatic heterocycles. The third kappa shape index (κ3) is 7.63. The Morgan fingerprint density at radius 3 is 2.32 bits per heavy atom. The minimum absolute atomic E-state index is 0.0923. The number of hydrogen-bond donors (Lipinski definition) is 8. The summed E-state index contributed by atoms with van der Waals surface area (Å²) in [5.74, 6) is -5.19. The van der Waals surface area contributed by atoms with Gasteiger partial charge >= 0.3 is 11.9 Å². The van der Waals surface area contributed by atoms with E-state index in [1.165, 1.54) is 12.5 Å². The van der Waals surface area contributed by atoms with E-state index in [-0.39, 0.29) is 12.8 Å². The van der Waals surface area contributed by atoms with Gasteiger partial charge in [0.2, 0.25) is 17.7 Å². The van der Waals surface area contributed by atoms with E-state index in [0.717, 1.165) is 16.5 Å². The Labute approximate surface area is 210 Å². The van der Waals surface area contributed by atoms with E-state index in [1.807, 2.05) is 24.3 Å². The lowest BCUT2D eigenvalue weighted by molar-refractivity contribution is -0.141. The molecule has 3 rings (SSSR count). The molecule has 14 heteroatoms. The number of imidazole rings is 1. The molecule has 0 radical (unpaired) electrons. The molecule has 0 aliphatic rings. The first-order valence-electron chi connectivity index (χ1n) is 11.2. The molecule has 3 aromatic rings. The Balaban J connectivity index is 1.69. The van der Waals surface area contributed by atoms with Crippen LogP contribution in [0.25, 0.3) is 10.9 Å². The Bertz CT molecular complexity index is 1270. The molecule has 2 heterocycles. The summed E-state index contributed by atoms with van der Waals surface area (Å²) in [7, 11) is 0. The quantitative estimate of drug-likeness (QED) is 0.135. The van der Waals surface area contributed by atoms with Crippen LogP contribution >= 0.6 is 0 Å². The van der Waals surface area contributed by atoms with Crippen LogP contribution in [0.5, 0.6) is 0 Å². The third-order valence-electron chi connectivity index (χ3n) is 5.49. The number of H-pyrrole nitrogens is 2. The molecular weight excluding hydrogens is 486 g/mol. The molecule has 0 aliphatic carbocycles. The van der Waals surface area contributed by atoms with Crippen molar-refractivity contribution in [2.24, 2.45) is 5.73 Å². The number of carboxylic acid groups (broad SMARTS) is 2. The number of aromatic nitrogens is 3. The van der Waals surface area contributed by atoms with E-state index >= 15 is 0 Å². The number of aromatic amines is 2. The first-order chi connectivity index (χ1) is 17.6. The smallest absolute Gasteiger partial charge is 0.322 e. The Morgan fingerprint density at radius 1 is 0.919 bits per heavy atom. The molecule has 0 bridgehead atoms. The molecule has 3 atom stereocenters. The van der Waals surface area contributed by atoms with Crippen molar-refractivity contribution in [2.45, 2.75) is 37.4 Å². The fraction of sp³-hybridized carbons (Fsp3) is 0.304. The third-order valence-corrected chi connectivity index (χ3v) is 5.49. The number of aliphatic carboxylic acids is 2. The summed E-state index contributed by atoms with van der Waals surface area (Å²) < 4.78 is 0. The molecular formula is C23H27N7O7. The van der Waals surface area contributed by atoms with Crippen molar-refractivity contribution >= 4 is 40.6 Å². The van der Waals surface area contributed by atoms with Gasteiger partial charge in [-0.2, -0.15) is 0 Å². The molecule has 0 spiro atoms. The van der Waals surface area contributed by atoms with Crippen LogP contribution in [0, 0.1) is 0 Å². The zero-order chi connectivity index (χ0) is 26.9. The fourth-order valence-corrected chi connectivity index (χ4v) is 3.68. The van der Waals surface area contributed by atoms with Gasteiger partial charge in [-0.05, 0) is 18.1 Å². The maximum Gasteiger partial charge on any atom is 0.322 e. The number of amides is 3. The molecule has 37 heavy (non-hydrogen) atoms. The van der Waals surface area contributed by atoms with Gasteiger partial charge < -0.3 is 41.9 Å². The van der Waals surface area contributed by atoms with Crippen molar-refractivity contribution in [3.8, 4) is 0 Å². The summed E-state index contributed by atoms with van der Waals surface area (Å²) in [4.78, 5) is 70.1. The predicted octanol–water partition coefficient (Wildman–Crippen LogP) is -1.35. The van der Waals surface area contributed by atoms with Crippen LogP contribution in [0.1, 0.15) is 17.7 Å². The number of fused-ring (bicyclic) bond motifs is 1. The molecule has 3 amide bonds. The topological polar surface area (TPSA) is 232 Å². The molecule has 196 valence electrons. The van der Waals surface area contributed by atoms with Crippen LogP contribution in [0.2, 0.25) is 0 Å². The summed E-state index contributed by atoms with van der Waals surface area (Å²) in [5, 5.41) is 25.9. The standard InChI is InChI=1S/C23H27N7O7/c24-15(5-12-8-26-16-4-2-1-3-14(12)16)21(35)29-18(7-19(31)32)23(37)30-17(6-13-9-25-11-28-13)22(36)27-10-20(33)34/h1-4,8-9,11,15,17-18,26H,5-7,10,24H2,(H,25,28)(H,27,36)(H,29,35)(H,30,37)(H,31,32)(H,33,34). The van der Waals surface area contributed by atoms with E-state index in [2.05, 4.69) is 30.9 Å². The lowest BCUT2D eigenvalue weighted by atomic mass is 10.0. The number of hydrogen-bond acceptors (Lipinski definition) is 7. The largest absolute Gasteiger partial charge is 0.481 e. The predicted molar refractivity (Wildman–Crippen MR) is 129 cm³/mol. The van der Waals surface area contributed by atoms with Gasteiger partial charge in [-0.25, -0.2) is 4.98 Å². The van der Waals surface area contributed by atoms with E-state index in [4.69, 9.17) is 10.8 Å². The van der Waals surface area contributed by atoms with Crippen LogP contribution < -0.4 is 21.7 Å². The Hall–Kier alpha value is -4.72. The SMILES string of the molecule is NC(Cc1c[nH]c2ccccc12)C(=O)NC(CC(=O)O)C(=O)NC(Cc1cnc[nH]1)C(=O)NCC(=O)O. The molecule has 0 saturated carbocycles. The summed E-state index contributed by atoms with van der Waals surface area (Å²) >= 11 is 0. The second-order valence-electron chi connectivity index (χ2n) is 8.28. The van der Waals surface area contributed by atoms with Gasteiger partial charge in [-0.1, -0.05) is 18.2 Å². The highest BCUT2D eigenvalue weighted by molar-refractivity contribution is 5.95. The number of carbonyl (C=O) groups excluding carboxylic acids is 3. The van der Waals surface area contributed by atoms with Crippen LogP contribution in [0.15, 0.2) is 43.0 Å². The summed E-state index contributed by atoms with van der Waals surface area (Å²) in [6.45, 7) is -0.688. The van der Waals surface area contributed by atoms with Crippen molar-refractivity contribution in [3.63, 3.8) is 0 Å². The second kappa shape index (κ2) is 12.3. The van der Waals surface area contributed by atoms with Gasteiger partial charge in [0.25, 0.3) is 0 Å². The van der Waals surface area contributed by atoms with Crippen LogP contribution in [-0.2, 0) is 36.8 Å². The zero-order valence-electron chi connectivity index (χ0n) is 19.6. The Morgan fingerprint density at radius 2 is 1.65 bits per heavy atom. The van der Waals surface area contributed by atoms with Gasteiger partial charge in [-0.3, -0.25) is 24.0 Å². The fourth-order valence-electron chi connectivity index (χ4n) is 3.68. The van der Waals surface area contributed by atoms with E-state index < -0.39 is 60.8 Å². The molecule has 14 nitrogen and oxygen atoms in total. The van der Waals surface area contributed by atoms with Crippen LogP contribution in [0.4, 0.5) is 0 Å². The summed E-state index contributed by atoms with van der Waals surface area (Å²) in [6, 6.07) is 3.50. The molecule has 9 N–H and O–H groups in total. The summed E-state index contributed by atoms with van der Waals surface area (Å²) in [5.41, 5.74) is 8.13. The number of carbonyl (C=O) groups is 5. The van der Waals surface area contributed by atoms with E-state index in [9.17, 15) is 29.1 Å². The van der Waals surface area contributed by atoms with Gasteiger partial charge in [0, 0.05) is 35.4 Å². The average Bonchev–Trinajstić information content (AvgIpc) is 3.51. The van der Waals surface area contributed by atoms with Crippen LogP contribution in [-0.4, -0.2) is 79.5 Å². The van der Waals surface area contributed by atoms with Crippen molar-refractivity contribution in [1.29, 1.82) is 0 Å². The average molecular weight is 514 g/mol. The van der Waals surface area contributed by atoms with Crippen molar-refractivity contribution in [1.82, 2.24) is 30.9 Å². The number of carboxylic acids is 2. The lowest BCUT2D eigenvalue weighted by Gasteiger charge is -2.23. The number of nitrogens with zero attached hydrogens (tertiary/aromatic N) is 1. The van der Waals surface area contributed by atoms with Crippen molar-refractivity contribution in [3.05, 3.63) is 54.2 Å². The molecule has 0 fully saturated rings. The maximum atomic E-state index is 13.0. The molecule has 2 aromatic heterocycles. The highest BCUT2D eigenvalue weighted by atomic mass is 16.4. The monoisotopic (exact) mass is 513 g/mol. The normalized spacial score (nSPS) is 13.3. The van der Waals surface area contributed by atoms with Gasteiger partial charge in [-0.15, -0.1) is 0 Å². The first kappa shape index (κ1) is 26.9. The van der Waals surface area contributed by atoms with Crippen molar-refractivity contribution in [2.75, 3.05) is 6.54 Å². The number of rotatable bonds is 13.